The third-order valence-electron chi connectivity index (χ3n) is 3.09. The van der Waals surface area contributed by atoms with Gasteiger partial charge in [0.2, 0.25) is 0 Å². The van der Waals surface area contributed by atoms with Gasteiger partial charge in [0.05, 0.1) is 17.0 Å². The molecule has 0 saturated heterocycles. The lowest BCUT2D eigenvalue weighted by molar-refractivity contribution is -0.124. The molecule has 132 valence electrons. The number of amides is 2. The number of carbonyl (C=O) groups excluding carboxylic acids is 3. The van der Waals surface area contributed by atoms with Gasteiger partial charge in [-0.3, -0.25) is 9.59 Å². The van der Waals surface area contributed by atoms with Gasteiger partial charge >= 0.3 is 5.97 Å². The Morgan fingerprint density at radius 2 is 1.88 bits per heavy atom. The molecule has 0 radical (unpaired) electrons. The van der Waals surface area contributed by atoms with E-state index in [1.54, 1.807) is 24.3 Å². The van der Waals surface area contributed by atoms with Crippen LogP contribution in [0.5, 0.6) is 0 Å². The quantitative estimate of drug-likeness (QED) is 0.553. The molecule has 1 aromatic carbocycles. The molecule has 2 rings (SSSR count). The lowest BCUT2D eigenvalue weighted by Gasteiger charge is -2.07. The van der Waals surface area contributed by atoms with Gasteiger partial charge in [0.1, 0.15) is 0 Å². The summed E-state index contributed by atoms with van der Waals surface area (Å²) in [6.45, 7) is 0.378. The molecule has 0 spiro atoms. The second-order valence-electron chi connectivity index (χ2n) is 4.93. The Bertz CT molecular complexity index is 713. The van der Waals surface area contributed by atoms with Crippen LogP contribution in [0.1, 0.15) is 20.0 Å². The van der Waals surface area contributed by atoms with Crippen LogP contribution in [0, 0.1) is 0 Å². The first-order valence-corrected chi connectivity index (χ1v) is 8.36. The second-order valence-corrected chi connectivity index (χ2v) is 5.88. The van der Waals surface area contributed by atoms with Crippen molar-refractivity contribution in [2.75, 3.05) is 32.2 Å². The zero-order chi connectivity index (χ0) is 18.1. The molecular weight excluding hydrogens is 344 g/mol. The normalized spacial score (nSPS) is 10.1. The summed E-state index contributed by atoms with van der Waals surface area (Å²) >= 11 is 1.34. The highest BCUT2D eigenvalue weighted by atomic mass is 32.1. The molecule has 0 aliphatic rings. The molecule has 25 heavy (non-hydrogen) atoms. The van der Waals surface area contributed by atoms with E-state index in [1.807, 2.05) is 5.38 Å². The monoisotopic (exact) mass is 362 g/mol. The first-order valence-electron chi connectivity index (χ1n) is 7.48. The van der Waals surface area contributed by atoms with Crippen molar-refractivity contribution >= 4 is 34.8 Å². The number of ether oxygens (including phenoxy) is 2. The lowest BCUT2D eigenvalue weighted by Crippen LogP contribution is -2.31. The molecule has 0 unspecified atom stereocenters. The average molecular weight is 362 g/mol. The number of thiophene rings is 1. The molecule has 8 heteroatoms. The van der Waals surface area contributed by atoms with E-state index in [9.17, 15) is 14.4 Å². The number of esters is 1. The van der Waals surface area contributed by atoms with Crippen LogP contribution in [-0.2, 0) is 14.3 Å². The molecule has 0 aliphatic carbocycles. The van der Waals surface area contributed by atoms with Crippen molar-refractivity contribution in [3.8, 4) is 0 Å². The minimum Gasteiger partial charge on any atom is -0.452 e. The summed E-state index contributed by atoms with van der Waals surface area (Å²) in [4.78, 5) is 35.9. The van der Waals surface area contributed by atoms with Gasteiger partial charge in [-0.25, -0.2) is 4.79 Å². The first-order chi connectivity index (χ1) is 12.1. The molecule has 2 amide bonds. The topological polar surface area (TPSA) is 93.7 Å². The minimum atomic E-state index is -0.613. The largest absolute Gasteiger partial charge is 0.452 e. The van der Waals surface area contributed by atoms with Crippen molar-refractivity contribution in [3.05, 3.63) is 52.2 Å². The maximum atomic E-state index is 11.9. The highest BCUT2D eigenvalue weighted by Crippen LogP contribution is 2.14. The molecule has 1 heterocycles. The molecule has 2 aromatic rings. The Hall–Kier alpha value is -2.71. The van der Waals surface area contributed by atoms with Crippen LogP contribution < -0.4 is 10.6 Å². The van der Waals surface area contributed by atoms with Crippen molar-refractivity contribution in [3.63, 3.8) is 0 Å². The molecule has 0 saturated carbocycles. The van der Waals surface area contributed by atoms with Crippen molar-refractivity contribution in [1.82, 2.24) is 5.32 Å². The van der Waals surface area contributed by atoms with E-state index in [1.165, 1.54) is 30.6 Å². The van der Waals surface area contributed by atoms with Crippen molar-refractivity contribution in [1.29, 1.82) is 0 Å². The Kier molecular flexibility index (Phi) is 7.12. The van der Waals surface area contributed by atoms with Gasteiger partial charge in [-0.15, -0.1) is 11.3 Å². The fourth-order valence-electron chi connectivity index (χ4n) is 1.85. The van der Waals surface area contributed by atoms with Crippen LogP contribution in [0.3, 0.4) is 0 Å². The molecule has 2 N–H and O–H groups in total. The van der Waals surface area contributed by atoms with Crippen molar-refractivity contribution < 1.29 is 23.9 Å². The van der Waals surface area contributed by atoms with Crippen LogP contribution in [0.15, 0.2) is 41.8 Å². The highest BCUT2D eigenvalue weighted by molar-refractivity contribution is 7.12. The Balaban J connectivity index is 1.81. The number of nitrogens with one attached hydrogen (secondary N) is 2. The molecule has 0 fully saturated rings. The number of carbonyl (C=O) groups is 3. The number of benzene rings is 1. The predicted molar refractivity (Wildman–Crippen MR) is 93.9 cm³/mol. The molecule has 7 nitrogen and oxygen atoms in total. The third-order valence-corrected chi connectivity index (χ3v) is 3.95. The first kappa shape index (κ1) is 18.6. The van der Waals surface area contributed by atoms with Gasteiger partial charge in [-0.2, -0.15) is 0 Å². The van der Waals surface area contributed by atoms with E-state index in [-0.39, 0.29) is 12.5 Å². The predicted octanol–water partition coefficient (Wildman–Crippen LogP) is 1.92. The summed E-state index contributed by atoms with van der Waals surface area (Å²) < 4.78 is 9.72. The van der Waals surface area contributed by atoms with Crippen LogP contribution in [0.25, 0.3) is 0 Å². The van der Waals surface area contributed by atoms with E-state index in [0.717, 1.165) is 0 Å². The maximum Gasteiger partial charge on any atom is 0.338 e. The van der Waals surface area contributed by atoms with E-state index >= 15 is 0 Å². The Labute approximate surface area is 148 Å². The molecule has 0 atom stereocenters. The zero-order valence-corrected chi connectivity index (χ0v) is 14.4. The van der Waals surface area contributed by atoms with E-state index in [2.05, 4.69) is 10.6 Å². The van der Waals surface area contributed by atoms with E-state index in [0.29, 0.717) is 29.3 Å². The Morgan fingerprint density at radius 1 is 1.12 bits per heavy atom. The average Bonchev–Trinajstić information content (AvgIpc) is 3.15. The summed E-state index contributed by atoms with van der Waals surface area (Å²) in [5.74, 6) is -1.22. The summed E-state index contributed by atoms with van der Waals surface area (Å²) in [5, 5.41) is 7.10. The van der Waals surface area contributed by atoms with Gasteiger partial charge < -0.3 is 20.1 Å². The fraction of sp³-hybridized carbons (Fsp3) is 0.235. The van der Waals surface area contributed by atoms with E-state index in [4.69, 9.17) is 9.47 Å². The molecule has 0 aliphatic heterocycles. The van der Waals surface area contributed by atoms with Crippen LogP contribution in [0.2, 0.25) is 0 Å². The van der Waals surface area contributed by atoms with Crippen LogP contribution >= 0.6 is 11.3 Å². The SMILES string of the molecule is COCCNC(=O)COC(=O)c1ccc(NC(=O)c2cccs2)cc1. The molecule has 0 bridgehead atoms. The fourth-order valence-corrected chi connectivity index (χ4v) is 2.47. The van der Waals surface area contributed by atoms with Gasteiger partial charge in [0.15, 0.2) is 6.61 Å². The Morgan fingerprint density at radius 3 is 2.52 bits per heavy atom. The summed E-state index contributed by atoms with van der Waals surface area (Å²) in [5.41, 5.74) is 0.853. The van der Waals surface area contributed by atoms with Gasteiger partial charge in [0, 0.05) is 19.3 Å². The summed E-state index contributed by atoms with van der Waals surface area (Å²) in [7, 11) is 1.53. The number of hydrogen-bond acceptors (Lipinski definition) is 6. The molecule has 1 aromatic heterocycles. The van der Waals surface area contributed by atoms with Crippen molar-refractivity contribution in [2.45, 2.75) is 0 Å². The third kappa shape index (κ3) is 6.02. The maximum absolute atomic E-state index is 11.9. The number of hydrogen-bond donors (Lipinski definition) is 2. The summed E-state index contributed by atoms with van der Waals surface area (Å²) in [6, 6.07) is 9.76. The number of anilines is 1. The summed E-state index contributed by atoms with van der Waals surface area (Å²) in [6.07, 6.45) is 0. The molecular formula is C17H18N2O5S. The minimum absolute atomic E-state index is 0.210. The number of rotatable bonds is 8. The zero-order valence-electron chi connectivity index (χ0n) is 13.6. The van der Waals surface area contributed by atoms with E-state index < -0.39 is 11.9 Å². The van der Waals surface area contributed by atoms with Gasteiger partial charge in [0.25, 0.3) is 11.8 Å². The van der Waals surface area contributed by atoms with Gasteiger partial charge in [-0.05, 0) is 35.7 Å². The van der Waals surface area contributed by atoms with Crippen LogP contribution in [0.4, 0.5) is 5.69 Å². The van der Waals surface area contributed by atoms with Crippen LogP contribution in [-0.4, -0.2) is 44.7 Å². The van der Waals surface area contributed by atoms with Gasteiger partial charge in [-0.1, -0.05) is 6.07 Å². The lowest BCUT2D eigenvalue weighted by atomic mass is 10.2. The smallest absolute Gasteiger partial charge is 0.338 e. The second kappa shape index (κ2) is 9.55. The highest BCUT2D eigenvalue weighted by Gasteiger charge is 2.11. The number of methoxy groups -OCH3 is 1. The standard InChI is InChI=1S/C17H18N2O5S/c1-23-9-8-18-15(20)11-24-17(22)12-4-6-13(7-5-12)19-16(21)14-3-2-10-25-14/h2-7,10H,8-9,11H2,1H3,(H,18,20)(H,19,21). The van der Waals surface area contributed by atoms with Crippen molar-refractivity contribution in [2.24, 2.45) is 0 Å².